The van der Waals surface area contributed by atoms with E-state index in [9.17, 15) is 4.79 Å². The molecule has 7 heteroatoms. The van der Waals surface area contributed by atoms with Gasteiger partial charge >= 0.3 is 0 Å². The summed E-state index contributed by atoms with van der Waals surface area (Å²) in [4.78, 5) is 10.8. The standard InChI is InChI=1S/C8H10N6O/c1-9-8-13-12-7(14(8)2)5-3-4-6(15)11-10-5/h3-4H,1-2H3,(H,9,13)(H,11,15). The van der Waals surface area contributed by atoms with Gasteiger partial charge in [0.05, 0.1) is 0 Å². The van der Waals surface area contributed by atoms with Gasteiger partial charge in [-0.2, -0.15) is 5.10 Å². The van der Waals surface area contributed by atoms with E-state index in [-0.39, 0.29) is 5.56 Å². The van der Waals surface area contributed by atoms with Gasteiger partial charge in [-0.05, 0) is 6.07 Å². The molecular formula is C8H10N6O. The third-order valence-corrected chi connectivity index (χ3v) is 2.01. The molecule has 2 aromatic rings. The molecule has 7 nitrogen and oxygen atoms in total. The van der Waals surface area contributed by atoms with Crippen LogP contribution in [0.2, 0.25) is 0 Å². The monoisotopic (exact) mass is 206 g/mol. The third-order valence-electron chi connectivity index (χ3n) is 2.01. The molecular weight excluding hydrogens is 196 g/mol. The van der Waals surface area contributed by atoms with Crippen LogP contribution in [0, 0.1) is 0 Å². The van der Waals surface area contributed by atoms with Crippen molar-refractivity contribution in [3.05, 3.63) is 22.5 Å². The number of rotatable bonds is 2. The van der Waals surface area contributed by atoms with Crippen LogP contribution in [0.25, 0.3) is 11.5 Å². The molecule has 0 bridgehead atoms. The third kappa shape index (κ3) is 1.58. The fraction of sp³-hybridized carbons (Fsp3) is 0.250. The second-order valence-corrected chi connectivity index (χ2v) is 2.96. The Hall–Kier alpha value is -2.18. The van der Waals surface area contributed by atoms with Crippen molar-refractivity contribution in [1.82, 2.24) is 25.0 Å². The fourth-order valence-corrected chi connectivity index (χ4v) is 1.24. The van der Waals surface area contributed by atoms with Gasteiger partial charge in [0.1, 0.15) is 5.69 Å². The molecule has 2 aromatic heterocycles. The van der Waals surface area contributed by atoms with Crippen molar-refractivity contribution in [1.29, 1.82) is 0 Å². The Kier molecular flexibility index (Phi) is 2.20. The van der Waals surface area contributed by atoms with Crippen molar-refractivity contribution in [2.24, 2.45) is 7.05 Å². The molecule has 2 heterocycles. The molecule has 0 atom stereocenters. The number of nitrogens with one attached hydrogen (secondary N) is 2. The summed E-state index contributed by atoms with van der Waals surface area (Å²) in [5.74, 6) is 1.23. The van der Waals surface area contributed by atoms with Crippen LogP contribution in [0.1, 0.15) is 0 Å². The van der Waals surface area contributed by atoms with Crippen LogP contribution >= 0.6 is 0 Å². The second kappa shape index (κ2) is 3.52. The zero-order chi connectivity index (χ0) is 10.8. The first-order valence-corrected chi connectivity index (χ1v) is 4.35. The largest absolute Gasteiger partial charge is 0.357 e. The number of nitrogens with zero attached hydrogens (tertiary/aromatic N) is 4. The molecule has 0 saturated heterocycles. The van der Waals surface area contributed by atoms with Crippen molar-refractivity contribution in [3.63, 3.8) is 0 Å². The average Bonchev–Trinajstić information content (AvgIpc) is 2.61. The van der Waals surface area contributed by atoms with Gasteiger partial charge in [0.25, 0.3) is 5.56 Å². The van der Waals surface area contributed by atoms with Gasteiger partial charge in [0.15, 0.2) is 5.82 Å². The summed E-state index contributed by atoms with van der Waals surface area (Å²) in [6, 6.07) is 3.00. The summed E-state index contributed by atoms with van der Waals surface area (Å²) in [5.41, 5.74) is 0.334. The lowest BCUT2D eigenvalue weighted by molar-refractivity contribution is 0.900. The van der Waals surface area contributed by atoms with E-state index >= 15 is 0 Å². The highest BCUT2D eigenvalue weighted by Gasteiger charge is 2.10. The van der Waals surface area contributed by atoms with Crippen LogP contribution in [0.15, 0.2) is 16.9 Å². The minimum atomic E-state index is -0.241. The van der Waals surface area contributed by atoms with Crippen molar-refractivity contribution in [2.45, 2.75) is 0 Å². The SMILES string of the molecule is CNc1nnc(-c2ccc(=O)[nH]n2)n1C. The molecule has 0 aliphatic carbocycles. The van der Waals surface area contributed by atoms with Gasteiger partial charge in [-0.25, -0.2) is 5.10 Å². The first-order valence-electron chi connectivity index (χ1n) is 4.35. The summed E-state index contributed by atoms with van der Waals surface area (Å²) >= 11 is 0. The molecule has 0 unspecified atom stereocenters. The van der Waals surface area contributed by atoms with Gasteiger partial charge in [-0.3, -0.25) is 9.36 Å². The molecule has 0 aliphatic heterocycles. The molecule has 0 radical (unpaired) electrons. The first-order chi connectivity index (χ1) is 7.22. The van der Waals surface area contributed by atoms with Gasteiger partial charge in [0, 0.05) is 20.2 Å². The molecule has 15 heavy (non-hydrogen) atoms. The summed E-state index contributed by atoms with van der Waals surface area (Å²) in [6.45, 7) is 0. The van der Waals surface area contributed by atoms with Crippen LogP contribution in [0.3, 0.4) is 0 Å². The van der Waals surface area contributed by atoms with Crippen molar-refractivity contribution >= 4 is 5.95 Å². The Morgan fingerprint density at radius 3 is 2.73 bits per heavy atom. The molecule has 0 amide bonds. The topological polar surface area (TPSA) is 88.5 Å². The fourth-order valence-electron chi connectivity index (χ4n) is 1.24. The number of hydrogen-bond donors (Lipinski definition) is 2. The maximum absolute atomic E-state index is 10.8. The molecule has 0 saturated carbocycles. The zero-order valence-corrected chi connectivity index (χ0v) is 8.35. The Balaban J connectivity index is 2.49. The number of anilines is 1. The van der Waals surface area contributed by atoms with E-state index in [0.29, 0.717) is 17.5 Å². The number of aromatic amines is 1. The molecule has 2 rings (SSSR count). The maximum Gasteiger partial charge on any atom is 0.264 e. The Morgan fingerprint density at radius 2 is 2.20 bits per heavy atom. The minimum absolute atomic E-state index is 0.241. The van der Waals surface area contributed by atoms with Crippen molar-refractivity contribution < 1.29 is 0 Å². The maximum atomic E-state index is 10.8. The quantitative estimate of drug-likeness (QED) is 0.698. The molecule has 0 aliphatic rings. The number of hydrogen-bond acceptors (Lipinski definition) is 5. The minimum Gasteiger partial charge on any atom is -0.357 e. The van der Waals surface area contributed by atoms with E-state index in [0.717, 1.165) is 0 Å². The highest BCUT2D eigenvalue weighted by Crippen LogP contribution is 2.14. The van der Waals surface area contributed by atoms with Crippen LogP contribution in [-0.2, 0) is 7.05 Å². The van der Waals surface area contributed by atoms with Crippen molar-refractivity contribution in [3.8, 4) is 11.5 Å². The molecule has 78 valence electrons. The molecule has 2 N–H and O–H groups in total. The van der Waals surface area contributed by atoms with Gasteiger partial charge in [-0.15, -0.1) is 10.2 Å². The van der Waals surface area contributed by atoms with Crippen molar-refractivity contribution in [2.75, 3.05) is 12.4 Å². The molecule has 0 spiro atoms. The van der Waals surface area contributed by atoms with E-state index in [1.807, 2.05) is 7.05 Å². The lowest BCUT2D eigenvalue weighted by Gasteiger charge is -2.01. The van der Waals surface area contributed by atoms with Gasteiger partial charge < -0.3 is 5.32 Å². The summed E-state index contributed by atoms with van der Waals surface area (Å²) in [5, 5.41) is 17.0. The highest BCUT2D eigenvalue weighted by molar-refractivity contribution is 5.50. The second-order valence-electron chi connectivity index (χ2n) is 2.96. The summed E-state index contributed by atoms with van der Waals surface area (Å²) in [6.07, 6.45) is 0. The Morgan fingerprint density at radius 1 is 1.40 bits per heavy atom. The lowest BCUT2D eigenvalue weighted by atomic mass is 10.4. The van der Waals surface area contributed by atoms with Gasteiger partial charge in [-0.1, -0.05) is 0 Å². The van der Waals surface area contributed by atoms with Gasteiger partial charge in [0.2, 0.25) is 5.95 Å². The predicted octanol–water partition coefficient (Wildman–Crippen LogP) is -0.393. The summed E-state index contributed by atoms with van der Waals surface area (Å²) in [7, 11) is 3.57. The van der Waals surface area contributed by atoms with E-state index in [4.69, 9.17) is 0 Å². The van der Waals surface area contributed by atoms with Crippen LogP contribution in [0.5, 0.6) is 0 Å². The van der Waals surface area contributed by atoms with Crippen LogP contribution in [0.4, 0.5) is 5.95 Å². The van der Waals surface area contributed by atoms with E-state index in [1.54, 1.807) is 17.7 Å². The predicted molar refractivity (Wildman–Crippen MR) is 54.4 cm³/mol. The first kappa shape index (κ1) is 9.38. The Labute approximate surface area is 85.2 Å². The Bertz CT molecular complexity index is 508. The van der Waals surface area contributed by atoms with Crippen LogP contribution < -0.4 is 10.9 Å². The number of H-pyrrole nitrogens is 1. The normalized spacial score (nSPS) is 10.3. The van der Waals surface area contributed by atoms with E-state index < -0.39 is 0 Å². The molecule has 0 fully saturated rings. The van der Waals surface area contributed by atoms with E-state index in [2.05, 4.69) is 25.7 Å². The van der Waals surface area contributed by atoms with Crippen LogP contribution in [-0.4, -0.2) is 32.0 Å². The van der Waals surface area contributed by atoms with E-state index in [1.165, 1.54) is 6.07 Å². The lowest BCUT2D eigenvalue weighted by Crippen LogP contribution is -2.07. The number of aromatic nitrogens is 5. The zero-order valence-electron chi connectivity index (χ0n) is 8.35. The molecule has 0 aromatic carbocycles. The average molecular weight is 206 g/mol. The summed E-state index contributed by atoms with van der Waals surface area (Å²) < 4.78 is 1.75. The smallest absolute Gasteiger partial charge is 0.264 e. The highest BCUT2D eigenvalue weighted by atomic mass is 16.1.